The molecule has 3 aromatic rings. The lowest BCUT2D eigenvalue weighted by Crippen LogP contribution is -2.37. The fraction of sp³-hybridized carbons (Fsp3) is 0.355. The number of nitrogens with zero attached hydrogens (tertiary/aromatic N) is 1. The van der Waals surface area contributed by atoms with Gasteiger partial charge in [-0.15, -0.1) is 0 Å². The van der Waals surface area contributed by atoms with Crippen LogP contribution in [0.5, 0.6) is 5.75 Å². The maximum absolute atomic E-state index is 12.3. The molecule has 3 N–H and O–H groups in total. The van der Waals surface area contributed by atoms with Crippen molar-refractivity contribution < 1.29 is 14.3 Å². The second-order valence-electron chi connectivity index (χ2n) is 9.63. The molecule has 0 bridgehead atoms. The number of likely N-dealkylation sites (tertiary alicyclic amines) is 1. The molecular formula is C31H37N3O3. The number of nitrogen functional groups attached to an aromatic ring is 1. The molecule has 1 aliphatic heterocycles. The molecule has 0 radical (unpaired) electrons. The molecule has 0 spiro atoms. The van der Waals surface area contributed by atoms with Crippen LogP contribution in [0.4, 0.5) is 0 Å². The zero-order valence-electron chi connectivity index (χ0n) is 21.4. The summed E-state index contributed by atoms with van der Waals surface area (Å²) in [5.74, 6) is 0.832. The van der Waals surface area contributed by atoms with Gasteiger partial charge in [0.1, 0.15) is 17.7 Å². The average molecular weight is 500 g/mol. The summed E-state index contributed by atoms with van der Waals surface area (Å²) in [5, 5.41) is 7.49. The number of unbranched alkanes of at least 4 members (excludes halogenated alkanes) is 2. The zero-order valence-corrected chi connectivity index (χ0v) is 21.4. The van der Waals surface area contributed by atoms with Crippen LogP contribution in [0.1, 0.15) is 49.7 Å². The monoisotopic (exact) mass is 499 g/mol. The Hall–Kier alpha value is -3.64. The van der Waals surface area contributed by atoms with Gasteiger partial charge in [0, 0.05) is 31.6 Å². The molecule has 0 saturated carbocycles. The van der Waals surface area contributed by atoms with Gasteiger partial charge in [-0.3, -0.25) is 15.1 Å². The summed E-state index contributed by atoms with van der Waals surface area (Å²) in [6.07, 6.45) is 5.01. The van der Waals surface area contributed by atoms with Gasteiger partial charge in [-0.25, -0.2) is 0 Å². The van der Waals surface area contributed by atoms with Crippen LogP contribution in [-0.4, -0.2) is 42.5 Å². The van der Waals surface area contributed by atoms with Crippen LogP contribution in [0.2, 0.25) is 0 Å². The summed E-state index contributed by atoms with van der Waals surface area (Å²) in [6.45, 7) is 3.53. The number of hydrogen-bond acceptors (Lipinski definition) is 5. The van der Waals surface area contributed by atoms with E-state index in [-0.39, 0.29) is 17.9 Å². The Morgan fingerprint density at radius 2 is 1.51 bits per heavy atom. The average Bonchev–Trinajstić information content (AvgIpc) is 2.93. The number of nitrogens with two attached hydrogens (primary N) is 1. The molecule has 4 rings (SSSR count). The molecule has 1 heterocycles. The lowest BCUT2D eigenvalue weighted by Gasteiger charge is -2.31. The summed E-state index contributed by atoms with van der Waals surface area (Å²) >= 11 is 0. The van der Waals surface area contributed by atoms with E-state index < -0.39 is 0 Å². The van der Waals surface area contributed by atoms with E-state index >= 15 is 0 Å². The molecule has 1 aliphatic rings. The summed E-state index contributed by atoms with van der Waals surface area (Å²) in [5.41, 5.74) is 9.72. The van der Waals surface area contributed by atoms with Gasteiger partial charge in [0.25, 0.3) is 0 Å². The lowest BCUT2D eigenvalue weighted by molar-refractivity contribution is -0.151. The molecule has 0 unspecified atom stereocenters. The van der Waals surface area contributed by atoms with E-state index in [9.17, 15) is 4.79 Å². The van der Waals surface area contributed by atoms with Gasteiger partial charge in [-0.05, 0) is 60.9 Å². The Labute approximate surface area is 219 Å². The number of rotatable bonds is 12. The van der Waals surface area contributed by atoms with Gasteiger partial charge in [-0.2, -0.15) is 0 Å². The van der Waals surface area contributed by atoms with E-state index in [1.54, 1.807) is 0 Å². The molecule has 6 heteroatoms. The minimum absolute atomic E-state index is 0.0536. The topological polar surface area (TPSA) is 88.6 Å². The van der Waals surface area contributed by atoms with Crippen LogP contribution in [-0.2, 0) is 16.1 Å². The van der Waals surface area contributed by atoms with E-state index in [1.807, 2.05) is 54.6 Å². The molecule has 3 aromatic carbocycles. The third kappa shape index (κ3) is 8.46. The van der Waals surface area contributed by atoms with Crippen LogP contribution >= 0.6 is 0 Å². The molecule has 0 aliphatic carbocycles. The minimum atomic E-state index is -0.0747. The van der Waals surface area contributed by atoms with E-state index in [0.29, 0.717) is 13.0 Å². The molecule has 37 heavy (non-hydrogen) atoms. The van der Waals surface area contributed by atoms with Crippen molar-refractivity contribution in [3.8, 4) is 16.9 Å². The largest absolute Gasteiger partial charge is 0.494 e. The maximum atomic E-state index is 12.3. The van der Waals surface area contributed by atoms with Crippen LogP contribution in [0, 0.1) is 5.41 Å². The van der Waals surface area contributed by atoms with Crippen molar-refractivity contribution in [3.05, 3.63) is 90.0 Å². The van der Waals surface area contributed by atoms with Crippen LogP contribution in [0.15, 0.2) is 78.9 Å². The smallest absolute Gasteiger partial charge is 0.306 e. The van der Waals surface area contributed by atoms with Crippen molar-refractivity contribution in [2.75, 3.05) is 19.7 Å². The number of carbonyl (C=O) groups is 1. The van der Waals surface area contributed by atoms with E-state index in [2.05, 4.69) is 29.2 Å². The number of benzene rings is 3. The van der Waals surface area contributed by atoms with E-state index in [1.165, 1.54) is 5.56 Å². The Morgan fingerprint density at radius 1 is 0.865 bits per heavy atom. The third-order valence-electron chi connectivity index (χ3n) is 6.76. The van der Waals surface area contributed by atoms with Crippen LogP contribution < -0.4 is 10.5 Å². The Morgan fingerprint density at radius 3 is 2.16 bits per heavy atom. The minimum Gasteiger partial charge on any atom is -0.494 e. The number of nitrogens with one attached hydrogen (secondary N) is 1. The first-order chi connectivity index (χ1) is 18.1. The Balaban J connectivity index is 1.06. The van der Waals surface area contributed by atoms with Gasteiger partial charge in [0.2, 0.25) is 0 Å². The molecule has 0 atom stereocenters. The van der Waals surface area contributed by atoms with E-state index in [0.717, 1.165) is 74.2 Å². The highest BCUT2D eigenvalue weighted by molar-refractivity contribution is 5.95. The highest BCUT2D eigenvalue weighted by Gasteiger charge is 2.22. The Kier molecular flexibility index (Phi) is 9.72. The molecule has 6 nitrogen and oxygen atoms in total. The fourth-order valence-corrected chi connectivity index (χ4v) is 4.60. The normalized spacial score (nSPS) is 14.3. The second kappa shape index (κ2) is 13.6. The van der Waals surface area contributed by atoms with Crippen molar-refractivity contribution >= 4 is 11.8 Å². The summed E-state index contributed by atoms with van der Waals surface area (Å²) in [7, 11) is 0. The fourth-order valence-electron chi connectivity index (χ4n) is 4.60. The van der Waals surface area contributed by atoms with Gasteiger partial charge in [0.05, 0.1) is 6.61 Å². The maximum Gasteiger partial charge on any atom is 0.306 e. The molecule has 1 fully saturated rings. The molecule has 194 valence electrons. The van der Waals surface area contributed by atoms with E-state index in [4.69, 9.17) is 20.6 Å². The highest BCUT2D eigenvalue weighted by Crippen LogP contribution is 2.23. The summed E-state index contributed by atoms with van der Waals surface area (Å²) < 4.78 is 11.6. The first kappa shape index (κ1) is 26.4. The molecule has 1 saturated heterocycles. The zero-order chi connectivity index (χ0) is 25.9. The van der Waals surface area contributed by atoms with Gasteiger partial charge >= 0.3 is 5.97 Å². The van der Waals surface area contributed by atoms with Crippen molar-refractivity contribution in [3.63, 3.8) is 0 Å². The first-order valence-corrected chi connectivity index (χ1v) is 13.2. The number of piperidine rings is 1. The summed E-state index contributed by atoms with van der Waals surface area (Å²) in [6, 6.07) is 26.1. The van der Waals surface area contributed by atoms with Crippen molar-refractivity contribution in [1.29, 1.82) is 5.41 Å². The number of esters is 1. The van der Waals surface area contributed by atoms with Gasteiger partial charge in [-0.1, -0.05) is 66.7 Å². The Bertz CT molecular complexity index is 1120. The van der Waals surface area contributed by atoms with Crippen molar-refractivity contribution in [2.24, 2.45) is 5.73 Å². The summed E-state index contributed by atoms with van der Waals surface area (Å²) in [4.78, 5) is 14.7. The van der Waals surface area contributed by atoms with Gasteiger partial charge in [0.15, 0.2) is 0 Å². The molecular weight excluding hydrogens is 462 g/mol. The van der Waals surface area contributed by atoms with Crippen LogP contribution in [0.25, 0.3) is 11.1 Å². The standard InChI is InChI=1S/C31H37N3O3/c32-31(33)27-12-10-25(11-13-27)26-14-16-28(17-15-26)36-22-6-2-5-9-30(35)37-29-18-20-34(21-19-29)23-24-7-3-1-4-8-24/h1,3-4,7-8,10-17,29H,2,5-6,9,18-23H2,(H3,32,33). The predicted molar refractivity (Wildman–Crippen MR) is 148 cm³/mol. The predicted octanol–water partition coefficient (Wildman–Crippen LogP) is 5.78. The SMILES string of the molecule is N=C(N)c1ccc(-c2ccc(OCCCCCC(=O)OC3CCN(Cc4ccccc4)CC3)cc2)cc1. The van der Waals surface area contributed by atoms with Crippen molar-refractivity contribution in [2.45, 2.75) is 51.2 Å². The first-order valence-electron chi connectivity index (χ1n) is 13.2. The number of amidine groups is 1. The quantitative estimate of drug-likeness (QED) is 0.143. The molecule has 0 amide bonds. The molecule has 0 aromatic heterocycles. The number of carbonyl (C=O) groups excluding carboxylic acids is 1. The van der Waals surface area contributed by atoms with Crippen molar-refractivity contribution in [1.82, 2.24) is 4.90 Å². The number of ether oxygens (including phenoxy) is 2. The second-order valence-corrected chi connectivity index (χ2v) is 9.63. The van der Waals surface area contributed by atoms with Gasteiger partial charge < -0.3 is 15.2 Å². The number of hydrogen-bond donors (Lipinski definition) is 2. The van der Waals surface area contributed by atoms with Crippen LogP contribution in [0.3, 0.4) is 0 Å². The third-order valence-corrected chi connectivity index (χ3v) is 6.76. The lowest BCUT2D eigenvalue weighted by atomic mass is 10.0. The highest BCUT2D eigenvalue weighted by atomic mass is 16.5.